The van der Waals surface area contributed by atoms with Crippen molar-refractivity contribution in [1.82, 2.24) is 0 Å². The molecule has 0 aliphatic carbocycles. The summed E-state index contributed by atoms with van der Waals surface area (Å²) < 4.78 is 6.40. The van der Waals surface area contributed by atoms with Gasteiger partial charge in [0.2, 0.25) is 0 Å². The molecule has 0 bridgehead atoms. The molecule has 0 aliphatic rings. The van der Waals surface area contributed by atoms with Crippen LogP contribution in [0.25, 0.3) is 0 Å². The zero-order chi connectivity index (χ0) is 13.8. The van der Waals surface area contributed by atoms with Gasteiger partial charge in [0.25, 0.3) is 0 Å². The summed E-state index contributed by atoms with van der Waals surface area (Å²) in [6.45, 7) is 3.96. The molecule has 0 saturated carbocycles. The van der Waals surface area contributed by atoms with Crippen LogP contribution in [0.3, 0.4) is 0 Å². The Morgan fingerprint density at radius 3 is 2.63 bits per heavy atom. The summed E-state index contributed by atoms with van der Waals surface area (Å²) in [4.78, 5) is 12.2. The van der Waals surface area contributed by atoms with Crippen molar-refractivity contribution in [3.05, 3.63) is 63.6 Å². The first-order valence-electron chi connectivity index (χ1n) is 6.05. The largest absolute Gasteiger partial charge is 0.484 e. The second-order valence-corrected chi connectivity index (χ2v) is 5.31. The normalized spacial score (nSPS) is 10.3. The van der Waals surface area contributed by atoms with E-state index in [4.69, 9.17) is 4.74 Å². The maximum absolute atomic E-state index is 12.2. The highest BCUT2D eigenvalue weighted by Gasteiger charge is 2.11. The number of para-hydroxylation sites is 1. The van der Waals surface area contributed by atoms with E-state index in [0.29, 0.717) is 5.75 Å². The predicted octanol–water partition coefficient (Wildman–Crippen LogP) is 4.33. The van der Waals surface area contributed by atoms with E-state index in [0.717, 1.165) is 21.2 Å². The molecule has 0 amide bonds. The molecular weight excluding hydrogens is 304 g/mol. The number of carbonyl (C=O) groups excluding carboxylic acids is 1. The lowest BCUT2D eigenvalue weighted by Crippen LogP contribution is -2.13. The molecule has 0 saturated heterocycles. The molecule has 0 spiro atoms. The van der Waals surface area contributed by atoms with Gasteiger partial charge in [-0.3, -0.25) is 4.79 Å². The van der Waals surface area contributed by atoms with Crippen LogP contribution in [0.2, 0.25) is 0 Å². The topological polar surface area (TPSA) is 26.3 Å². The van der Waals surface area contributed by atoms with E-state index in [1.165, 1.54) is 0 Å². The van der Waals surface area contributed by atoms with Crippen molar-refractivity contribution in [2.24, 2.45) is 0 Å². The Morgan fingerprint density at radius 2 is 1.89 bits per heavy atom. The molecule has 19 heavy (non-hydrogen) atoms. The molecule has 0 aliphatic heterocycles. The Labute approximate surface area is 121 Å². The zero-order valence-electron chi connectivity index (χ0n) is 10.9. The first-order chi connectivity index (χ1) is 9.08. The number of rotatable bonds is 4. The highest BCUT2D eigenvalue weighted by molar-refractivity contribution is 9.10. The fourth-order valence-corrected chi connectivity index (χ4v) is 2.22. The van der Waals surface area contributed by atoms with E-state index in [1.807, 2.05) is 56.3 Å². The van der Waals surface area contributed by atoms with E-state index in [-0.39, 0.29) is 12.4 Å². The van der Waals surface area contributed by atoms with Crippen LogP contribution in [0, 0.1) is 13.8 Å². The van der Waals surface area contributed by atoms with Crippen molar-refractivity contribution in [2.45, 2.75) is 13.8 Å². The predicted molar refractivity (Wildman–Crippen MR) is 79.9 cm³/mol. The van der Waals surface area contributed by atoms with Crippen LogP contribution in [0.1, 0.15) is 21.5 Å². The summed E-state index contributed by atoms with van der Waals surface area (Å²) in [5.41, 5.74) is 2.79. The number of hydrogen-bond acceptors (Lipinski definition) is 2. The molecular formula is C16H15BrO2. The average Bonchev–Trinajstić information content (AvgIpc) is 2.40. The van der Waals surface area contributed by atoms with Crippen molar-refractivity contribution in [1.29, 1.82) is 0 Å². The Hall–Kier alpha value is -1.61. The van der Waals surface area contributed by atoms with Crippen LogP contribution in [-0.2, 0) is 0 Å². The van der Waals surface area contributed by atoms with Gasteiger partial charge in [-0.1, -0.05) is 29.8 Å². The molecule has 98 valence electrons. The minimum atomic E-state index is -0.00282. The number of carbonyl (C=O) groups is 1. The summed E-state index contributed by atoms with van der Waals surface area (Å²) >= 11 is 3.39. The quantitative estimate of drug-likeness (QED) is 0.784. The standard InChI is InChI=1S/C16H15BrO2/c1-11-7-8-12(2)13(9-11)15(18)10-19-16-6-4-3-5-14(16)17/h3-9H,10H2,1-2H3. The van der Waals surface area contributed by atoms with Gasteiger partial charge < -0.3 is 4.74 Å². The Kier molecular flexibility index (Phi) is 4.38. The number of ether oxygens (including phenoxy) is 1. The molecule has 0 unspecified atom stereocenters. The molecule has 0 heterocycles. The van der Waals surface area contributed by atoms with Crippen LogP contribution in [0.5, 0.6) is 5.75 Å². The summed E-state index contributed by atoms with van der Waals surface area (Å²) in [6, 6.07) is 13.4. The van der Waals surface area contributed by atoms with E-state index >= 15 is 0 Å². The fraction of sp³-hybridized carbons (Fsp3) is 0.188. The molecule has 0 N–H and O–H groups in total. The highest BCUT2D eigenvalue weighted by Crippen LogP contribution is 2.24. The number of hydrogen-bond donors (Lipinski definition) is 0. The molecule has 0 radical (unpaired) electrons. The summed E-state index contributed by atoms with van der Waals surface area (Å²) in [5, 5.41) is 0. The summed E-state index contributed by atoms with van der Waals surface area (Å²) in [6.07, 6.45) is 0. The number of aryl methyl sites for hydroxylation is 2. The molecule has 2 aromatic rings. The second kappa shape index (κ2) is 6.02. The molecule has 0 aromatic heterocycles. The van der Waals surface area contributed by atoms with Gasteiger partial charge in [0, 0.05) is 5.56 Å². The Bertz CT molecular complexity index is 605. The number of benzene rings is 2. The van der Waals surface area contributed by atoms with Gasteiger partial charge in [0.15, 0.2) is 12.4 Å². The maximum atomic E-state index is 12.2. The van der Waals surface area contributed by atoms with Gasteiger partial charge in [-0.05, 0) is 53.5 Å². The summed E-state index contributed by atoms with van der Waals surface area (Å²) in [7, 11) is 0. The van der Waals surface area contributed by atoms with Crippen LogP contribution < -0.4 is 4.74 Å². The smallest absolute Gasteiger partial charge is 0.200 e. The van der Waals surface area contributed by atoms with E-state index in [2.05, 4.69) is 15.9 Å². The zero-order valence-corrected chi connectivity index (χ0v) is 12.5. The molecule has 2 nitrogen and oxygen atoms in total. The van der Waals surface area contributed by atoms with E-state index in [1.54, 1.807) is 0 Å². The molecule has 0 fully saturated rings. The minimum Gasteiger partial charge on any atom is -0.484 e. The van der Waals surface area contributed by atoms with E-state index in [9.17, 15) is 4.79 Å². The van der Waals surface area contributed by atoms with Gasteiger partial charge >= 0.3 is 0 Å². The van der Waals surface area contributed by atoms with Gasteiger partial charge in [-0.25, -0.2) is 0 Å². The first kappa shape index (κ1) is 13.8. The van der Waals surface area contributed by atoms with Crippen LogP contribution in [-0.4, -0.2) is 12.4 Å². The lowest BCUT2D eigenvalue weighted by atomic mass is 10.0. The van der Waals surface area contributed by atoms with E-state index < -0.39 is 0 Å². The Balaban J connectivity index is 2.10. The number of halogens is 1. The third kappa shape index (κ3) is 3.44. The monoisotopic (exact) mass is 318 g/mol. The molecule has 3 heteroatoms. The lowest BCUT2D eigenvalue weighted by molar-refractivity contribution is 0.0920. The van der Waals surface area contributed by atoms with Crippen LogP contribution >= 0.6 is 15.9 Å². The lowest BCUT2D eigenvalue weighted by Gasteiger charge is -2.09. The molecule has 2 rings (SSSR count). The van der Waals surface area contributed by atoms with Crippen molar-refractivity contribution in [3.63, 3.8) is 0 Å². The van der Waals surface area contributed by atoms with Crippen LogP contribution in [0.4, 0.5) is 0 Å². The first-order valence-corrected chi connectivity index (χ1v) is 6.85. The third-order valence-electron chi connectivity index (χ3n) is 2.89. The fourth-order valence-electron chi connectivity index (χ4n) is 1.82. The third-order valence-corrected chi connectivity index (χ3v) is 3.54. The average molecular weight is 319 g/mol. The van der Waals surface area contributed by atoms with Gasteiger partial charge in [0.1, 0.15) is 5.75 Å². The second-order valence-electron chi connectivity index (χ2n) is 4.46. The number of Topliss-reactive ketones (excluding diaryl/α,β-unsaturated/α-hetero) is 1. The van der Waals surface area contributed by atoms with Gasteiger partial charge in [-0.2, -0.15) is 0 Å². The van der Waals surface area contributed by atoms with Crippen molar-refractivity contribution in [2.75, 3.05) is 6.61 Å². The van der Waals surface area contributed by atoms with Crippen molar-refractivity contribution in [3.8, 4) is 5.75 Å². The van der Waals surface area contributed by atoms with Crippen molar-refractivity contribution >= 4 is 21.7 Å². The van der Waals surface area contributed by atoms with Crippen molar-refractivity contribution < 1.29 is 9.53 Å². The summed E-state index contributed by atoms with van der Waals surface area (Å²) in [5.74, 6) is 0.679. The van der Waals surface area contributed by atoms with Crippen LogP contribution in [0.15, 0.2) is 46.9 Å². The maximum Gasteiger partial charge on any atom is 0.200 e. The van der Waals surface area contributed by atoms with Gasteiger partial charge in [0.05, 0.1) is 4.47 Å². The highest BCUT2D eigenvalue weighted by atomic mass is 79.9. The Morgan fingerprint density at radius 1 is 1.16 bits per heavy atom. The van der Waals surface area contributed by atoms with Gasteiger partial charge in [-0.15, -0.1) is 0 Å². The number of ketones is 1. The minimum absolute atomic E-state index is 0.00282. The molecule has 2 aromatic carbocycles. The SMILES string of the molecule is Cc1ccc(C)c(C(=O)COc2ccccc2Br)c1. The molecule has 0 atom stereocenters.